The summed E-state index contributed by atoms with van der Waals surface area (Å²) in [7, 11) is 2.18. The van der Waals surface area contributed by atoms with Crippen LogP contribution in [0.5, 0.6) is 0 Å². The number of fused-ring (bicyclic) bond motifs is 1. The molecule has 20 heavy (non-hydrogen) atoms. The van der Waals surface area contributed by atoms with Crippen LogP contribution in [0.25, 0.3) is 0 Å². The van der Waals surface area contributed by atoms with E-state index in [-0.39, 0.29) is 5.54 Å². The number of anilines is 2. The molecule has 0 fully saturated rings. The minimum Gasteiger partial charge on any atom is -0.371 e. The standard InChI is InChI=1S/C17H29N3/c1-14(10-11-18-17(2,3)4)20-13-12-19(5)15-8-6-7-9-16(15)20/h6-9,14,18H,10-13H2,1-5H3. The zero-order valence-electron chi connectivity index (χ0n) is 13.6. The van der Waals surface area contributed by atoms with E-state index in [1.807, 2.05) is 0 Å². The molecule has 1 aliphatic rings. The molecule has 112 valence electrons. The number of hydrogen-bond acceptors (Lipinski definition) is 3. The number of likely N-dealkylation sites (N-methyl/N-ethyl adjacent to an activating group) is 1. The zero-order valence-corrected chi connectivity index (χ0v) is 13.6. The lowest BCUT2D eigenvalue weighted by Crippen LogP contribution is -2.45. The largest absolute Gasteiger partial charge is 0.371 e. The Bertz CT molecular complexity index is 436. The number of nitrogens with zero attached hydrogens (tertiary/aromatic N) is 2. The lowest BCUT2D eigenvalue weighted by atomic mass is 10.1. The monoisotopic (exact) mass is 275 g/mol. The molecule has 1 heterocycles. The van der Waals surface area contributed by atoms with Crippen LogP contribution in [-0.4, -0.2) is 38.3 Å². The maximum absolute atomic E-state index is 3.59. The second-order valence-electron chi connectivity index (χ2n) is 6.92. The lowest BCUT2D eigenvalue weighted by molar-refractivity contribution is 0.408. The van der Waals surface area contributed by atoms with Crippen molar-refractivity contribution in [2.75, 3.05) is 36.5 Å². The number of rotatable bonds is 4. The number of para-hydroxylation sites is 2. The van der Waals surface area contributed by atoms with Gasteiger partial charge in [-0.3, -0.25) is 0 Å². The van der Waals surface area contributed by atoms with Gasteiger partial charge >= 0.3 is 0 Å². The van der Waals surface area contributed by atoms with E-state index in [4.69, 9.17) is 0 Å². The summed E-state index contributed by atoms with van der Waals surface area (Å²) in [5, 5.41) is 3.59. The third kappa shape index (κ3) is 3.66. The Balaban J connectivity index is 2.01. The molecule has 1 aliphatic heterocycles. The van der Waals surface area contributed by atoms with Crippen LogP contribution in [-0.2, 0) is 0 Å². The second kappa shape index (κ2) is 6.04. The second-order valence-corrected chi connectivity index (χ2v) is 6.92. The van der Waals surface area contributed by atoms with Gasteiger partial charge in [0.1, 0.15) is 0 Å². The Kier molecular flexibility index (Phi) is 4.59. The first-order chi connectivity index (χ1) is 9.38. The topological polar surface area (TPSA) is 18.5 Å². The third-order valence-electron chi connectivity index (χ3n) is 4.03. The fraction of sp³-hybridized carbons (Fsp3) is 0.647. The molecular formula is C17H29N3. The first-order valence-corrected chi connectivity index (χ1v) is 7.70. The van der Waals surface area contributed by atoms with E-state index in [0.717, 1.165) is 19.6 Å². The van der Waals surface area contributed by atoms with Crippen molar-refractivity contribution >= 4 is 11.4 Å². The number of hydrogen-bond donors (Lipinski definition) is 1. The van der Waals surface area contributed by atoms with Crippen LogP contribution in [0.1, 0.15) is 34.1 Å². The van der Waals surface area contributed by atoms with Crippen molar-refractivity contribution in [3.05, 3.63) is 24.3 Å². The Morgan fingerprint density at radius 2 is 1.80 bits per heavy atom. The van der Waals surface area contributed by atoms with Crippen LogP contribution >= 0.6 is 0 Å². The average molecular weight is 275 g/mol. The summed E-state index contributed by atoms with van der Waals surface area (Å²) in [6, 6.07) is 9.32. The molecule has 0 aliphatic carbocycles. The van der Waals surface area contributed by atoms with Crippen molar-refractivity contribution < 1.29 is 0 Å². The Morgan fingerprint density at radius 3 is 2.45 bits per heavy atom. The van der Waals surface area contributed by atoms with E-state index in [1.54, 1.807) is 0 Å². The smallest absolute Gasteiger partial charge is 0.0607 e. The maximum atomic E-state index is 3.59. The van der Waals surface area contributed by atoms with Crippen molar-refractivity contribution in [1.29, 1.82) is 0 Å². The highest BCUT2D eigenvalue weighted by atomic mass is 15.3. The Labute approximate surface area is 124 Å². The molecule has 0 spiro atoms. The normalized spacial score (nSPS) is 17.1. The zero-order chi connectivity index (χ0) is 14.8. The quantitative estimate of drug-likeness (QED) is 0.911. The van der Waals surface area contributed by atoms with Gasteiger partial charge in [0.2, 0.25) is 0 Å². The van der Waals surface area contributed by atoms with Crippen molar-refractivity contribution in [2.24, 2.45) is 0 Å². The van der Waals surface area contributed by atoms with Gasteiger partial charge in [-0.1, -0.05) is 12.1 Å². The highest BCUT2D eigenvalue weighted by Gasteiger charge is 2.23. The van der Waals surface area contributed by atoms with E-state index in [2.05, 4.69) is 74.1 Å². The van der Waals surface area contributed by atoms with Crippen LogP contribution in [0.15, 0.2) is 24.3 Å². The summed E-state index contributed by atoms with van der Waals surface area (Å²) >= 11 is 0. The van der Waals surface area contributed by atoms with Gasteiger partial charge in [-0.25, -0.2) is 0 Å². The van der Waals surface area contributed by atoms with E-state index < -0.39 is 0 Å². The fourth-order valence-corrected chi connectivity index (χ4v) is 2.80. The molecule has 1 unspecified atom stereocenters. The summed E-state index contributed by atoms with van der Waals surface area (Å²) in [6.45, 7) is 12.3. The Hall–Kier alpha value is -1.22. The van der Waals surface area contributed by atoms with Gasteiger partial charge in [-0.2, -0.15) is 0 Å². The highest BCUT2D eigenvalue weighted by molar-refractivity contribution is 5.73. The summed E-state index contributed by atoms with van der Waals surface area (Å²) in [5.74, 6) is 0. The lowest BCUT2D eigenvalue weighted by Gasteiger charge is -2.40. The van der Waals surface area contributed by atoms with Gasteiger partial charge in [-0.15, -0.1) is 0 Å². The van der Waals surface area contributed by atoms with Gasteiger partial charge in [0, 0.05) is 31.7 Å². The molecule has 1 atom stereocenters. The Morgan fingerprint density at radius 1 is 1.15 bits per heavy atom. The maximum Gasteiger partial charge on any atom is 0.0607 e. The van der Waals surface area contributed by atoms with Crippen molar-refractivity contribution in [3.8, 4) is 0 Å². The van der Waals surface area contributed by atoms with Gasteiger partial charge in [0.05, 0.1) is 11.4 Å². The average Bonchev–Trinajstić information content (AvgIpc) is 2.38. The first kappa shape index (κ1) is 15.2. The van der Waals surface area contributed by atoms with Gasteiger partial charge < -0.3 is 15.1 Å². The van der Waals surface area contributed by atoms with Crippen LogP contribution in [0.4, 0.5) is 11.4 Å². The SMILES string of the molecule is CC(CCNC(C)(C)C)N1CCN(C)c2ccccc21. The molecule has 1 aromatic carbocycles. The predicted octanol–water partition coefficient (Wildman–Crippen LogP) is 3.11. The predicted molar refractivity (Wildman–Crippen MR) is 88.9 cm³/mol. The number of benzene rings is 1. The molecule has 1 aromatic rings. The van der Waals surface area contributed by atoms with Gasteiger partial charge in [0.25, 0.3) is 0 Å². The van der Waals surface area contributed by atoms with Crippen LogP contribution in [0, 0.1) is 0 Å². The molecule has 0 saturated carbocycles. The minimum atomic E-state index is 0.208. The molecule has 0 saturated heterocycles. The number of nitrogens with one attached hydrogen (secondary N) is 1. The summed E-state index contributed by atoms with van der Waals surface area (Å²) in [4.78, 5) is 4.91. The third-order valence-corrected chi connectivity index (χ3v) is 4.03. The van der Waals surface area contributed by atoms with E-state index in [9.17, 15) is 0 Å². The molecule has 0 bridgehead atoms. The van der Waals surface area contributed by atoms with Crippen molar-refractivity contribution in [3.63, 3.8) is 0 Å². The molecule has 0 aromatic heterocycles. The van der Waals surface area contributed by atoms with E-state index in [0.29, 0.717) is 6.04 Å². The van der Waals surface area contributed by atoms with Gasteiger partial charge in [0.15, 0.2) is 0 Å². The first-order valence-electron chi connectivity index (χ1n) is 7.70. The van der Waals surface area contributed by atoms with E-state index in [1.165, 1.54) is 17.8 Å². The van der Waals surface area contributed by atoms with Gasteiger partial charge in [-0.05, 0) is 52.8 Å². The molecule has 1 N–H and O–H groups in total. The summed E-state index contributed by atoms with van der Waals surface area (Å²) in [6.07, 6.45) is 1.18. The molecule has 0 amide bonds. The molecule has 3 heteroatoms. The summed E-state index contributed by atoms with van der Waals surface area (Å²) in [5.41, 5.74) is 2.94. The molecule has 2 rings (SSSR count). The van der Waals surface area contributed by atoms with E-state index >= 15 is 0 Å². The fourth-order valence-electron chi connectivity index (χ4n) is 2.80. The van der Waals surface area contributed by atoms with Crippen LogP contribution < -0.4 is 15.1 Å². The highest BCUT2D eigenvalue weighted by Crippen LogP contribution is 2.33. The summed E-state index contributed by atoms with van der Waals surface area (Å²) < 4.78 is 0. The minimum absolute atomic E-state index is 0.208. The van der Waals surface area contributed by atoms with Crippen LogP contribution in [0.3, 0.4) is 0 Å². The van der Waals surface area contributed by atoms with Crippen LogP contribution in [0.2, 0.25) is 0 Å². The molecule has 3 nitrogen and oxygen atoms in total. The van der Waals surface area contributed by atoms with Crippen molar-refractivity contribution in [2.45, 2.75) is 45.7 Å². The molecule has 0 radical (unpaired) electrons. The van der Waals surface area contributed by atoms with Crippen molar-refractivity contribution in [1.82, 2.24) is 5.32 Å². The molecular weight excluding hydrogens is 246 g/mol.